The van der Waals surface area contributed by atoms with Crippen molar-refractivity contribution in [3.63, 3.8) is 0 Å². The zero-order valence-electron chi connectivity index (χ0n) is 20.2. The van der Waals surface area contributed by atoms with Gasteiger partial charge in [0.05, 0.1) is 24.3 Å². The van der Waals surface area contributed by atoms with E-state index in [1.807, 2.05) is 24.3 Å². The van der Waals surface area contributed by atoms with Crippen LogP contribution >= 0.6 is 23.2 Å². The molecule has 2 atom stereocenters. The van der Waals surface area contributed by atoms with Gasteiger partial charge in [0, 0.05) is 41.4 Å². The number of allylic oxidation sites excluding steroid dienone is 3. The second-order valence-electron chi connectivity index (χ2n) is 8.75. The van der Waals surface area contributed by atoms with Gasteiger partial charge in [-0.25, -0.2) is 4.79 Å². The Morgan fingerprint density at radius 1 is 1.08 bits per heavy atom. The Morgan fingerprint density at radius 2 is 1.81 bits per heavy atom. The molecule has 2 aromatic rings. The molecule has 2 N–H and O–H groups in total. The number of nitrogens with one attached hydrogen (secondary N) is 1. The highest BCUT2D eigenvalue weighted by Crippen LogP contribution is 2.48. The zero-order chi connectivity index (χ0) is 26.0. The van der Waals surface area contributed by atoms with E-state index in [4.69, 9.17) is 37.4 Å². The van der Waals surface area contributed by atoms with E-state index in [2.05, 4.69) is 5.32 Å². The molecule has 0 spiro atoms. The van der Waals surface area contributed by atoms with Crippen molar-refractivity contribution in [1.82, 2.24) is 5.32 Å². The molecule has 1 heterocycles. The Morgan fingerprint density at radius 3 is 2.47 bits per heavy atom. The molecule has 1 aliphatic heterocycles. The summed E-state index contributed by atoms with van der Waals surface area (Å²) >= 11 is 12.4. The maximum Gasteiger partial charge on any atom is 0.336 e. The number of Topliss-reactive ketones (excluding diaryl/α,β-unsaturated/α-hetero) is 1. The first-order valence-electron chi connectivity index (χ1n) is 11.5. The lowest BCUT2D eigenvalue weighted by atomic mass is 9.71. The number of dihydropyridines is 1. The molecule has 0 saturated carbocycles. The van der Waals surface area contributed by atoms with E-state index in [1.54, 1.807) is 19.1 Å². The van der Waals surface area contributed by atoms with E-state index in [1.165, 1.54) is 14.2 Å². The standard InChI is InChI=1S/C27H27Cl2NO6/c1-14-23(27(33)36-9-8-34-2)24(17-10-19(29)26(32)22(13-17)35-3)25-20(30-14)11-16(12-21(25)31)15-4-6-18(28)7-5-15/h4-7,10,13,16,24,30,32H,8-9,11-12H2,1-3H3/t16-,24-/m0/s1. The molecule has 1 aliphatic carbocycles. The predicted octanol–water partition coefficient (Wildman–Crippen LogP) is 5.26. The van der Waals surface area contributed by atoms with E-state index in [0.29, 0.717) is 33.9 Å². The summed E-state index contributed by atoms with van der Waals surface area (Å²) in [5.74, 6) is -1.51. The maximum atomic E-state index is 13.7. The summed E-state index contributed by atoms with van der Waals surface area (Å²) in [4.78, 5) is 26.9. The molecule has 0 radical (unpaired) electrons. The maximum absolute atomic E-state index is 13.7. The van der Waals surface area contributed by atoms with Gasteiger partial charge < -0.3 is 24.6 Å². The number of carbonyl (C=O) groups excluding carboxylic acids is 2. The van der Waals surface area contributed by atoms with Crippen LogP contribution in [0.25, 0.3) is 0 Å². The minimum Gasteiger partial charge on any atom is -0.503 e. The molecule has 0 fully saturated rings. The molecule has 9 heteroatoms. The van der Waals surface area contributed by atoms with E-state index in [9.17, 15) is 14.7 Å². The average molecular weight is 532 g/mol. The minimum atomic E-state index is -0.748. The average Bonchev–Trinajstić information content (AvgIpc) is 2.85. The normalized spacial score (nSPS) is 19.6. The number of rotatable bonds is 7. The molecule has 7 nitrogen and oxygen atoms in total. The molecule has 0 unspecified atom stereocenters. The zero-order valence-corrected chi connectivity index (χ0v) is 21.7. The number of esters is 1. The van der Waals surface area contributed by atoms with Crippen molar-refractivity contribution in [2.45, 2.75) is 31.6 Å². The lowest BCUT2D eigenvalue weighted by Gasteiger charge is -2.37. The largest absolute Gasteiger partial charge is 0.503 e. The number of halogens is 2. The van der Waals surface area contributed by atoms with Gasteiger partial charge in [-0.3, -0.25) is 4.79 Å². The van der Waals surface area contributed by atoms with Crippen LogP contribution in [0.2, 0.25) is 10.0 Å². The van der Waals surface area contributed by atoms with Gasteiger partial charge in [0.25, 0.3) is 0 Å². The molecule has 190 valence electrons. The van der Waals surface area contributed by atoms with E-state index in [0.717, 1.165) is 11.3 Å². The van der Waals surface area contributed by atoms with Crippen LogP contribution in [0, 0.1) is 0 Å². The van der Waals surface area contributed by atoms with Crippen LogP contribution in [0.3, 0.4) is 0 Å². The van der Waals surface area contributed by atoms with Crippen molar-refractivity contribution in [3.05, 3.63) is 80.1 Å². The molecule has 0 bridgehead atoms. The Bertz CT molecular complexity index is 1250. The minimum absolute atomic E-state index is 0.0392. The summed E-state index contributed by atoms with van der Waals surface area (Å²) in [6, 6.07) is 10.6. The highest BCUT2D eigenvalue weighted by molar-refractivity contribution is 6.32. The summed E-state index contributed by atoms with van der Waals surface area (Å²) in [6.45, 7) is 2.08. The monoisotopic (exact) mass is 531 g/mol. The summed E-state index contributed by atoms with van der Waals surface area (Å²) in [5.41, 5.74) is 3.65. The number of methoxy groups -OCH3 is 2. The molecule has 36 heavy (non-hydrogen) atoms. The molecule has 2 aromatic carbocycles. The summed E-state index contributed by atoms with van der Waals surface area (Å²) in [5, 5.41) is 14.3. The first kappa shape index (κ1) is 26.1. The molecule has 0 saturated heterocycles. The highest BCUT2D eigenvalue weighted by atomic mass is 35.5. The van der Waals surface area contributed by atoms with Crippen LogP contribution in [0.5, 0.6) is 11.5 Å². The van der Waals surface area contributed by atoms with Crippen LogP contribution in [0.4, 0.5) is 0 Å². The number of hydrogen-bond acceptors (Lipinski definition) is 7. The van der Waals surface area contributed by atoms with Gasteiger partial charge in [-0.1, -0.05) is 35.3 Å². The van der Waals surface area contributed by atoms with Crippen molar-refractivity contribution in [2.24, 2.45) is 0 Å². The third-order valence-corrected chi connectivity index (χ3v) is 7.05. The third-order valence-electron chi connectivity index (χ3n) is 6.51. The number of carbonyl (C=O) groups is 2. The van der Waals surface area contributed by atoms with E-state index in [-0.39, 0.29) is 47.9 Å². The number of ketones is 1. The quantitative estimate of drug-likeness (QED) is 0.371. The van der Waals surface area contributed by atoms with Crippen molar-refractivity contribution in [2.75, 3.05) is 27.4 Å². The van der Waals surface area contributed by atoms with Gasteiger partial charge in [0.15, 0.2) is 17.3 Å². The fraction of sp³-hybridized carbons (Fsp3) is 0.333. The van der Waals surface area contributed by atoms with Crippen molar-refractivity contribution < 1.29 is 28.9 Å². The third kappa shape index (κ3) is 5.09. The van der Waals surface area contributed by atoms with Crippen LogP contribution in [-0.4, -0.2) is 44.3 Å². The second kappa shape index (κ2) is 10.9. The molecule has 0 aromatic heterocycles. The van der Waals surface area contributed by atoms with E-state index >= 15 is 0 Å². The smallest absolute Gasteiger partial charge is 0.336 e. The second-order valence-corrected chi connectivity index (χ2v) is 9.59. The molecule has 2 aliphatic rings. The lowest BCUT2D eigenvalue weighted by Crippen LogP contribution is -2.36. The number of ether oxygens (including phenoxy) is 3. The Kier molecular flexibility index (Phi) is 7.93. The summed E-state index contributed by atoms with van der Waals surface area (Å²) in [6.07, 6.45) is 0.845. The summed E-state index contributed by atoms with van der Waals surface area (Å²) < 4.78 is 15.7. The highest BCUT2D eigenvalue weighted by Gasteiger charge is 2.42. The van der Waals surface area contributed by atoms with Crippen molar-refractivity contribution in [3.8, 4) is 11.5 Å². The lowest BCUT2D eigenvalue weighted by molar-refractivity contribution is -0.140. The topological polar surface area (TPSA) is 94.1 Å². The van der Waals surface area contributed by atoms with Gasteiger partial charge in [-0.15, -0.1) is 0 Å². The summed E-state index contributed by atoms with van der Waals surface area (Å²) in [7, 11) is 2.93. The van der Waals surface area contributed by atoms with Gasteiger partial charge >= 0.3 is 5.97 Å². The van der Waals surface area contributed by atoms with Crippen molar-refractivity contribution >= 4 is 35.0 Å². The predicted molar refractivity (Wildman–Crippen MR) is 137 cm³/mol. The number of aromatic hydroxyl groups is 1. The van der Waals surface area contributed by atoms with Crippen LogP contribution in [0.1, 0.15) is 42.7 Å². The van der Waals surface area contributed by atoms with Crippen molar-refractivity contribution in [1.29, 1.82) is 0 Å². The number of phenolic OH excluding ortho intramolecular Hbond substituents is 1. The molecule has 4 rings (SSSR count). The molecular weight excluding hydrogens is 505 g/mol. The molecule has 0 amide bonds. The van der Waals surface area contributed by atoms with Gasteiger partial charge in [-0.05, 0) is 54.7 Å². The number of hydrogen-bond donors (Lipinski definition) is 2. The van der Waals surface area contributed by atoms with E-state index < -0.39 is 11.9 Å². The van der Waals surface area contributed by atoms with Crippen LogP contribution in [0.15, 0.2) is 58.9 Å². The van der Waals surface area contributed by atoms with Gasteiger partial charge in [0.2, 0.25) is 0 Å². The first-order valence-corrected chi connectivity index (χ1v) is 12.2. The Hall–Kier alpha value is -3.00. The van der Waals surface area contributed by atoms with Gasteiger partial charge in [0.1, 0.15) is 6.61 Å². The van der Waals surface area contributed by atoms with Crippen LogP contribution < -0.4 is 10.1 Å². The Balaban J connectivity index is 1.81. The fourth-order valence-corrected chi connectivity index (χ4v) is 5.17. The fourth-order valence-electron chi connectivity index (χ4n) is 4.83. The van der Waals surface area contributed by atoms with Gasteiger partial charge in [-0.2, -0.15) is 0 Å². The number of benzene rings is 2. The SMILES string of the molecule is COCCOC(=O)C1=C(C)NC2=C(C(=O)C[C@@H](c3ccc(Cl)cc3)C2)[C@H]1c1cc(Cl)c(O)c(OC)c1. The number of phenols is 1. The Labute approximate surface area is 219 Å². The van der Waals surface area contributed by atoms with Crippen LogP contribution in [-0.2, 0) is 19.1 Å². The molecular formula is C27H27Cl2NO6. The first-order chi connectivity index (χ1) is 17.2.